The Morgan fingerprint density at radius 1 is 0.867 bits per heavy atom. The molecular weight excluding hydrogens is 578 g/mol. The number of aliphatic hydroxyl groups is 1. The minimum Gasteiger partial charge on any atom is -0.391 e. The van der Waals surface area contributed by atoms with E-state index in [1.165, 1.54) is 11.8 Å². The first-order valence-electron chi connectivity index (χ1n) is 17.1. The van der Waals surface area contributed by atoms with Crippen LogP contribution in [0.25, 0.3) is 0 Å². The first-order chi connectivity index (χ1) is 21.5. The molecule has 0 aromatic rings. The Kier molecular flexibility index (Phi) is 17.4. The second-order valence-electron chi connectivity index (χ2n) is 12.7. The van der Waals surface area contributed by atoms with E-state index in [1.54, 1.807) is 7.05 Å². The molecule has 0 unspecified atom stereocenters. The van der Waals surface area contributed by atoms with Crippen LogP contribution in [0.3, 0.4) is 0 Å². The van der Waals surface area contributed by atoms with E-state index in [-0.39, 0.29) is 31.5 Å². The lowest BCUT2D eigenvalue weighted by Gasteiger charge is -2.35. The van der Waals surface area contributed by atoms with Gasteiger partial charge in [0.25, 0.3) is 0 Å². The van der Waals surface area contributed by atoms with Gasteiger partial charge >= 0.3 is 0 Å². The summed E-state index contributed by atoms with van der Waals surface area (Å²) in [6.07, 6.45) is 9.18. The smallest absolute Gasteiger partial charge is 0.245 e. The molecule has 0 aromatic carbocycles. The molecule has 13 heteroatoms. The number of carbonyl (C=O) groups is 5. The van der Waals surface area contributed by atoms with Crippen LogP contribution in [-0.2, 0) is 24.0 Å². The predicted octanol–water partition coefficient (Wildman–Crippen LogP) is 0.390. The Labute approximate surface area is 269 Å². The van der Waals surface area contributed by atoms with Crippen LogP contribution in [0.4, 0.5) is 0 Å². The van der Waals surface area contributed by atoms with Crippen molar-refractivity contribution >= 4 is 29.5 Å². The lowest BCUT2D eigenvalue weighted by Crippen LogP contribution is -2.62. The van der Waals surface area contributed by atoms with E-state index in [9.17, 15) is 29.1 Å². The highest BCUT2D eigenvalue weighted by molar-refractivity contribution is 5.96. The maximum absolute atomic E-state index is 13.9. The standard InChI is InChI=1S/C32H59N7O6/c1-5-7-9-13-18-39-19-17-34-31(44)27(22(3)40)36-29(42)24(20-33)35-32(45)28(23-14-11-10-12-15-23)37-30(43)25(16-8-6-2)38(4)26(41)21-39/h22-25,27-28,40H,5-21,33H2,1-4H3,(H,34,44)(H,35,45)(H,36,42)(H,37,43)/t22-,24-,25-,27-,28-/m0/s1. The highest BCUT2D eigenvalue weighted by Gasteiger charge is 2.37. The number of unbranched alkanes of at least 4 members (excludes halogenated alkanes) is 4. The second kappa shape index (κ2) is 20.4. The van der Waals surface area contributed by atoms with Gasteiger partial charge in [0.15, 0.2) is 0 Å². The van der Waals surface area contributed by atoms with Gasteiger partial charge in [-0.15, -0.1) is 0 Å². The number of nitrogens with zero attached hydrogens (tertiary/aromatic N) is 2. The molecular formula is C32H59N7O6. The number of hydrogen-bond acceptors (Lipinski definition) is 8. The first kappa shape index (κ1) is 38.4. The lowest BCUT2D eigenvalue weighted by molar-refractivity contribution is -0.142. The van der Waals surface area contributed by atoms with Gasteiger partial charge in [0.05, 0.1) is 12.6 Å². The molecule has 0 radical (unpaired) electrons. The molecule has 5 atom stereocenters. The van der Waals surface area contributed by atoms with Gasteiger partial charge in [-0.1, -0.05) is 65.2 Å². The summed E-state index contributed by atoms with van der Waals surface area (Å²) >= 11 is 0. The minimum atomic E-state index is -1.28. The molecule has 0 spiro atoms. The van der Waals surface area contributed by atoms with Gasteiger partial charge in [-0.2, -0.15) is 0 Å². The van der Waals surface area contributed by atoms with E-state index in [1.807, 2.05) is 11.8 Å². The molecule has 2 fully saturated rings. The summed E-state index contributed by atoms with van der Waals surface area (Å²) in [5.41, 5.74) is 5.89. The molecule has 1 aliphatic carbocycles. The van der Waals surface area contributed by atoms with Crippen molar-refractivity contribution in [2.75, 3.05) is 39.8 Å². The van der Waals surface area contributed by atoms with Crippen LogP contribution in [0.5, 0.6) is 0 Å². The summed E-state index contributed by atoms with van der Waals surface area (Å²) in [5.74, 6) is -2.58. The average Bonchev–Trinajstić information content (AvgIpc) is 3.02. The zero-order valence-corrected chi connectivity index (χ0v) is 27.9. The molecule has 1 heterocycles. The van der Waals surface area contributed by atoms with Gasteiger partial charge in [0.2, 0.25) is 29.5 Å². The maximum atomic E-state index is 13.9. The van der Waals surface area contributed by atoms with Crippen molar-refractivity contribution in [3.63, 3.8) is 0 Å². The van der Waals surface area contributed by atoms with E-state index < -0.39 is 53.9 Å². The number of amides is 5. The average molecular weight is 638 g/mol. The number of nitrogens with two attached hydrogens (primary N) is 1. The van der Waals surface area contributed by atoms with E-state index in [0.717, 1.165) is 70.6 Å². The van der Waals surface area contributed by atoms with Crippen LogP contribution in [0.1, 0.15) is 97.8 Å². The molecule has 13 nitrogen and oxygen atoms in total. The summed E-state index contributed by atoms with van der Waals surface area (Å²) < 4.78 is 0. The highest BCUT2D eigenvalue weighted by Crippen LogP contribution is 2.27. The van der Waals surface area contributed by atoms with E-state index in [0.29, 0.717) is 19.5 Å². The van der Waals surface area contributed by atoms with Crippen LogP contribution in [0.2, 0.25) is 0 Å². The Morgan fingerprint density at radius 3 is 2.18 bits per heavy atom. The summed E-state index contributed by atoms with van der Waals surface area (Å²) in [6.45, 7) is 6.55. The third-order valence-corrected chi connectivity index (χ3v) is 9.04. The summed E-state index contributed by atoms with van der Waals surface area (Å²) in [5, 5.41) is 21.3. The van der Waals surface area contributed by atoms with Crippen molar-refractivity contribution in [3.8, 4) is 0 Å². The lowest BCUT2D eigenvalue weighted by atomic mass is 9.83. The van der Waals surface area contributed by atoms with Crippen molar-refractivity contribution in [1.29, 1.82) is 0 Å². The molecule has 2 rings (SSSR count). The molecule has 1 saturated heterocycles. The van der Waals surface area contributed by atoms with Gasteiger partial charge in [-0.05, 0) is 45.1 Å². The zero-order valence-electron chi connectivity index (χ0n) is 27.9. The third-order valence-electron chi connectivity index (χ3n) is 9.04. The summed E-state index contributed by atoms with van der Waals surface area (Å²) in [6, 6.07) is -4.15. The highest BCUT2D eigenvalue weighted by atomic mass is 16.3. The topological polar surface area (TPSA) is 186 Å². The van der Waals surface area contributed by atoms with Crippen molar-refractivity contribution in [3.05, 3.63) is 0 Å². The quantitative estimate of drug-likeness (QED) is 0.176. The Balaban J connectivity index is 2.45. The van der Waals surface area contributed by atoms with Crippen LogP contribution in [0, 0.1) is 5.92 Å². The van der Waals surface area contributed by atoms with E-state index in [2.05, 4.69) is 28.2 Å². The Bertz CT molecular complexity index is 958. The van der Waals surface area contributed by atoms with Gasteiger partial charge in [0.1, 0.15) is 24.2 Å². The monoisotopic (exact) mass is 637 g/mol. The van der Waals surface area contributed by atoms with E-state index in [4.69, 9.17) is 5.73 Å². The molecule has 258 valence electrons. The van der Waals surface area contributed by atoms with Crippen molar-refractivity contribution < 1.29 is 29.1 Å². The van der Waals surface area contributed by atoms with Crippen LogP contribution in [-0.4, -0.2) is 114 Å². The first-order valence-corrected chi connectivity index (χ1v) is 17.1. The molecule has 1 aliphatic heterocycles. The zero-order chi connectivity index (χ0) is 33.4. The predicted molar refractivity (Wildman–Crippen MR) is 173 cm³/mol. The Hall–Kier alpha value is -2.77. The molecule has 5 amide bonds. The van der Waals surface area contributed by atoms with Crippen LogP contribution in [0.15, 0.2) is 0 Å². The molecule has 45 heavy (non-hydrogen) atoms. The Morgan fingerprint density at radius 2 is 1.56 bits per heavy atom. The molecule has 7 N–H and O–H groups in total. The molecule has 2 aliphatic rings. The number of likely N-dealkylation sites (N-methyl/N-ethyl adjacent to an activating group) is 1. The van der Waals surface area contributed by atoms with Crippen molar-refractivity contribution in [2.45, 2.75) is 128 Å². The van der Waals surface area contributed by atoms with Crippen LogP contribution < -0.4 is 27.0 Å². The van der Waals surface area contributed by atoms with Crippen LogP contribution >= 0.6 is 0 Å². The summed E-state index contributed by atoms with van der Waals surface area (Å²) in [4.78, 5) is 71.0. The number of hydrogen-bond donors (Lipinski definition) is 6. The van der Waals surface area contributed by atoms with Gasteiger partial charge in [-0.3, -0.25) is 28.9 Å². The van der Waals surface area contributed by atoms with Gasteiger partial charge in [0, 0.05) is 26.7 Å². The second-order valence-corrected chi connectivity index (χ2v) is 12.7. The van der Waals surface area contributed by atoms with E-state index >= 15 is 0 Å². The van der Waals surface area contributed by atoms with Gasteiger partial charge in [-0.25, -0.2) is 0 Å². The van der Waals surface area contributed by atoms with Crippen molar-refractivity contribution in [1.82, 2.24) is 31.1 Å². The third kappa shape index (κ3) is 12.5. The SMILES string of the molecule is CCCCCCN1CCNC(=O)[C@H]([C@H](C)O)NC(=O)[C@H](CN)NC(=O)[C@H](C2CCCCC2)NC(=O)[C@H](CCCC)N(C)C(=O)C1. The normalized spacial score (nSPS) is 26.7. The molecule has 1 saturated carbocycles. The number of carbonyl (C=O) groups excluding carboxylic acids is 5. The minimum absolute atomic E-state index is 0.0652. The fourth-order valence-corrected chi connectivity index (χ4v) is 6.12. The molecule has 0 bridgehead atoms. The number of nitrogens with one attached hydrogen (secondary N) is 4. The fraction of sp³-hybridized carbons (Fsp3) is 0.844. The molecule has 0 aromatic heterocycles. The van der Waals surface area contributed by atoms with Gasteiger partial charge < -0.3 is 37.0 Å². The maximum Gasteiger partial charge on any atom is 0.245 e. The largest absolute Gasteiger partial charge is 0.391 e. The van der Waals surface area contributed by atoms with Crippen molar-refractivity contribution in [2.24, 2.45) is 11.7 Å². The fourth-order valence-electron chi connectivity index (χ4n) is 6.12. The number of aliphatic hydroxyl groups excluding tert-OH is 1. The summed E-state index contributed by atoms with van der Waals surface area (Å²) in [7, 11) is 1.63. The number of rotatable bonds is 11.